The highest BCUT2D eigenvalue weighted by Gasteiger charge is 2.32. The summed E-state index contributed by atoms with van der Waals surface area (Å²) in [5.74, 6) is 0.911. The number of rotatable bonds is 4. The zero-order valence-electron chi connectivity index (χ0n) is 11.9. The van der Waals surface area contributed by atoms with Gasteiger partial charge in [-0.2, -0.15) is 0 Å². The zero-order chi connectivity index (χ0) is 14.1. The van der Waals surface area contributed by atoms with Gasteiger partial charge in [0.25, 0.3) is 0 Å². The van der Waals surface area contributed by atoms with Crippen molar-refractivity contribution in [3.05, 3.63) is 35.0 Å². The van der Waals surface area contributed by atoms with Crippen molar-refractivity contribution in [1.82, 2.24) is 5.32 Å². The molecule has 1 fully saturated rings. The maximum Gasteiger partial charge on any atom is 0.152 e. The van der Waals surface area contributed by atoms with E-state index in [4.69, 9.17) is 20.8 Å². The van der Waals surface area contributed by atoms with E-state index in [-0.39, 0.29) is 12.1 Å². The summed E-state index contributed by atoms with van der Waals surface area (Å²) in [6, 6.07) is 7.98. The molecule has 2 heterocycles. The van der Waals surface area contributed by atoms with Gasteiger partial charge in [0.15, 0.2) is 5.58 Å². The molecule has 0 bridgehead atoms. The Balaban J connectivity index is 1.94. The summed E-state index contributed by atoms with van der Waals surface area (Å²) >= 11 is 6.19. The third-order valence-electron chi connectivity index (χ3n) is 3.88. The van der Waals surface area contributed by atoms with Crippen LogP contribution in [-0.4, -0.2) is 18.8 Å². The molecule has 0 spiro atoms. The number of fused-ring (bicyclic) bond motifs is 1. The van der Waals surface area contributed by atoms with E-state index in [1.54, 1.807) is 0 Å². The molecule has 1 aliphatic rings. The van der Waals surface area contributed by atoms with Gasteiger partial charge in [-0.1, -0.05) is 30.7 Å². The van der Waals surface area contributed by atoms with Crippen LogP contribution in [0, 0.1) is 0 Å². The summed E-state index contributed by atoms with van der Waals surface area (Å²) in [6.07, 6.45) is 2.66. The quantitative estimate of drug-likeness (QED) is 0.912. The summed E-state index contributed by atoms with van der Waals surface area (Å²) in [5, 5.41) is 5.18. The molecule has 4 heteroatoms. The van der Waals surface area contributed by atoms with E-state index < -0.39 is 0 Å². The van der Waals surface area contributed by atoms with Crippen molar-refractivity contribution in [3.8, 4) is 0 Å². The van der Waals surface area contributed by atoms with Crippen LogP contribution in [0.25, 0.3) is 11.0 Å². The molecule has 3 atom stereocenters. The van der Waals surface area contributed by atoms with Gasteiger partial charge in [-0.25, -0.2) is 0 Å². The molecule has 0 amide bonds. The van der Waals surface area contributed by atoms with Crippen molar-refractivity contribution in [2.24, 2.45) is 0 Å². The zero-order valence-corrected chi connectivity index (χ0v) is 12.6. The van der Waals surface area contributed by atoms with Crippen molar-refractivity contribution in [3.63, 3.8) is 0 Å². The molecule has 1 aliphatic heterocycles. The van der Waals surface area contributed by atoms with Gasteiger partial charge in [-0.15, -0.1) is 0 Å². The summed E-state index contributed by atoms with van der Waals surface area (Å²) in [5.41, 5.74) is 0.762. The molecule has 0 aliphatic carbocycles. The number of ether oxygens (including phenoxy) is 1. The molecule has 3 rings (SSSR count). The fourth-order valence-electron chi connectivity index (χ4n) is 2.91. The smallest absolute Gasteiger partial charge is 0.152 e. The fourth-order valence-corrected chi connectivity index (χ4v) is 3.13. The highest BCUT2D eigenvalue weighted by molar-refractivity contribution is 6.34. The predicted molar refractivity (Wildman–Crippen MR) is 81.2 cm³/mol. The van der Waals surface area contributed by atoms with Gasteiger partial charge in [-0.05, 0) is 38.4 Å². The maximum absolute atomic E-state index is 6.19. The monoisotopic (exact) mass is 293 g/mol. The van der Waals surface area contributed by atoms with Gasteiger partial charge >= 0.3 is 0 Å². The first-order valence-electron chi connectivity index (χ1n) is 7.26. The molecule has 1 aromatic heterocycles. The standard InChI is InChI=1S/C16H20ClNO2/c1-3-18-15(13-8-7-10(2)19-13)14-9-11-5-4-6-12(17)16(11)20-14/h4-6,9-10,13,15,18H,3,7-8H2,1-2H3. The maximum atomic E-state index is 6.19. The van der Waals surface area contributed by atoms with E-state index in [9.17, 15) is 0 Å². The number of hydrogen-bond acceptors (Lipinski definition) is 3. The van der Waals surface area contributed by atoms with Crippen LogP contribution in [0.4, 0.5) is 0 Å². The van der Waals surface area contributed by atoms with Gasteiger partial charge in [0.2, 0.25) is 0 Å². The lowest BCUT2D eigenvalue weighted by atomic mass is 10.0. The summed E-state index contributed by atoms with van der Waals surface area (Å²) in [6.45, 7) is 5.10. The van der Waals surface area contributed by atoms with Crippen LogP contribution in [-0.2, 0) is 4.74 Å². The third kappa shape index (κ3) is 2.58. The van der Waals surface area contributed by atoms with Crippen LogP contribution in [0.15, 0.2) is 28.7 Å². The Bertz CT molecular complexity index is 595. The number of furan rings is 1. The van der Waals surface area contributed by atoms with E-state index in [1.165, 1.54) is 0 Å². The number of likely N-dealkylation sites (N-methyl/N-ethyl adjacent to an activating group) is 1. The van der Waals surface area contributed by atoms with Crippen LogP contribution >= 0.6 is 11.6 Å². The molecule has 1 aromatic carbocycles. The SMILES string of the molecule is CCNC(c1cc2cccc(Cl)c2o1)C1CCC(C)O1. The van der Waals surface area contributed by atoms with E-state index in [0.717, 1.165) is 36.1 Å². The molecule has 2 aromatic rings. The number of benzene rings is 1. The molecular weight excluding hydrogens is 274 g/mol. The van der Waals surface area contributed by atoms with Crippen molar-refractivity contribution in [2.75, 3.05) is 6.54 Å². The second-order valence-corrected chi connectivity index (χ2v) is 5.81. The van der Waals surface area contributed by atoms with Gasteiger partial charge in [0.1, 0.15) is 5.76 Å². The van der Waals surface area contributed by atoms with Gasteiger partial charge in [0.05, 0.1) is 23.3 Å². The molecular formula is C16H20ClNO2. The summed E-state index contributed by atoms with van der Waals surface area (Å²) in [7, 11) is 0. The normalized spacial score (nSPS) is 24.4. The van der Waals surface area contributed by atoms with Crippen molar-refractivity contribution < 1.29 is 9.15 Å². The number of nitrogens with one attached hydrogen (secondary N) is 1. The highest BCUT2D eigenvalue weighted by atomic mass is 35.5. The average Bonchev–Trinajstić information content (AvgIpc) is 3.03. The highest BCUT2D eigenvalue weighted by Crippen LogP contribution is 2.34. The predicted octanol–water partition coefficient (Wildman–Crippen LogP) is 4.30. The Labute approximate surface area is 124 Å². The van der Waals surface area contributed by atoms with Gasteiger partial charge < -0.3 is 14.5 Å². The van der Waals surface area contributed by atoms with Crippen molar-refractivity contribution in [2.45, 2.75) is 44.9 Å². The third-order valence-corrected chi connectivity index (χ3v) is 4.18. The Morgan fingerprint density at radius 3 is 2.90 bits per heavy atom. The number of hydrogen-bond donors (Lipinski definition) is 1. The topological polar surface area (TPSA) is 34.4 Å². The van der Waals surface area contributed by atoms with Crippen LogP contribution in [0.5, 0.6) is 0 Å². The van der Waals surface area contributed by atoms with E-state index in [1.807, 2.05) is 18.2 Å². The largest absolute Gasteiger partial charge is 0.458 e. The van der Waals surface area contributed by atoms with Gasteiger partial charge in [0, 0.05) is 5.39 Å². The van der Waals surface area contributed by atoms with E-state index >= 15 is 0 Å². The second kappa shape index (κ2) is 5.76. The van der Waals surface area contributed by atoms with E-state index in [0.29, 0.717) is 11.1 Å². The Hall–Kier alpha value is -1.03. The minimum atomic E-state index is 0.0911. The molecule has 108 valence electrons. The Morgan fingerprint density at radius 1 is 1.40 bits per heavy atom. The second-order valence-electron chi connectivity index (χ2n) is 5.40. The molecule has 0 radical (unpaired) electrons. The van der Waals surface area contributed by atoms with E-state index in [2.05, 4.69) is 25.2 Å². The summed E-state index contributed by atoms with van der Waals surface area (Å²) in [4.78, 5) is 0. The lowest BCUT2D eigenvalue weighted by Gasteiger charge is -2.22. The lowest BCUT2D eigenvalue weighted by Crippen LogP contribution is -2.31. The minimum Gasteiger partial charge on any atom is -0.458 e. The van der Waals surface area contributed by atoms with Gasteiger partial charge in [-0.3, -0.25) is 0 Å². The first kappa shape index (κ1) is 13.9. The summed E-state index contributed by atoms with van der Waals surface area (Å²) < 4.78 is 12.0. The molecule has 20 heavy (non-hydrogen) atoms. The Kier molecular flexibility index (Phi) is 4.01. The first-order valence-corrected chi connectivity index (χ1v) is 7.63. The fraction of sp³-hybridized carbons (Fsp3) is 0.500. The molecule has 3 unspecified atom stereocenters. The average molecular weight is 294 g/mol. The van der Waals surface area contributed by atoms with Crippen molar-refractivity contribution in [1.29, 1.82) is 0 Å². The van der Waals surface area contributed by atoms with Crippen LogP contribution in [0.1, 0.15) is 38.5 Å². The van der Waals surface area contributed by atoms with Crippen molar-refractivity contribution >= 4 is 22.6 Å². The minimum absolute atomic E-state index is 0.0911. The number of halogens is 1. The molecule has 1 saturated heterocycles. The Morgan fingerprint density at radius 2 is 2.25 bits per heavy atom. The first-order chi connectivity index (χ1) is 9.69. The molecule has 1 N–H and O–H groups in total. The van der Waals surface area contributed by atoms with Crippen LogP contribution < -0.4 is 5.32 Å². The lowest BCUT2D eigenvalue weighted by molar-refractivity contribution is 0.0275. The molecule has 0 saturated carbocycles. The number of para-hydroxylation sites is 1. The van der Waals surface area contributed by atoms with Crippen LogP contribution in [0.2, 0.25) is 5.02 Å². The van der Waals surface area contributed by atoms with Crippen LogP contribution in [0.3, 0.4) is 0 Å². The molecule has 3 nitrogen and oxygen atoms in total.